The highest BCUT2D eigenvalue weighted by Gasteiger charge is 2.24. The first kappa shape index (κ1) is 19.4. The summed E-state index contributed by atoms with van der Waals surface area (Å²) in [5.41, 5.74) is 0.246. The first-order valence-corrected chi connectivity index (χ1v) is 10.3. The molecule has 30 heavy (non-hydrogen) atoms. The van der Waals surface area contributed by atoms with Gasteiger partial charge in [0.2, 0.25) is 0 Å². The number of aromatic carboxylic acids is 1. The number of benzene rings is 3. The molecule has 8 heteroatoms. The molecule has 1 aromatic heterocycles. The van der Waals surface area contributed by atoms with Gasteiger partial charge < -0.3 is 9.84 Å². The number of esters is 1. The highest BCUT2D eigenvalue weighted by molar-refractivity contribution is 7.90. The monoisotopic (exact) mass is 421 g/mol. The Morgan fingerprint density at radius 1 is 0.867 bits per heavy atom. The molecule has 150 valence electrons. The van der Waals surface area contributed by atoms with Gasteiger partial charge in [-0.15, -0.1) is 0 Å². The van der Waals surface area contributed by atoms with Crippen molar-refractivity contribution in [2.45, 2.75) is 4.90 Å². The number of carboxylic acids is 1. The van der Waals surface area contributed by atoms with E-state index in [1.54, 1.807) is 48.5 Å². The molecule has 0 atom stereocenters. The third-order valence-electron chi connectivity index (χ3n) is 4.49. The molecule has 0 amide bonds. The Kier molecular flexibility index (Phi) is 4.85. The minimum atomic E-state index is -4.06. The Balaban J connectivity index is 1.84. The summed E-state index contributed by atoms with van der Waals surface area (Å²) in [5, 5.41) is 9.71. The summed E-state index contributed by atoms with van der Waals surface area (Å²) in [4.78, 5) is 24.0. The second-order valence-corrected chi connectivity index (χ2v) is 8.21. The topological polar surface area (TPSA) is 103 Å². The Morgan fingerprint density at radius 2 is 1.50 bits per heavy atom. The number of hydrogen-bond acceptors (Lipinski definition) is 5. The van der Waals surface area contributed by atoms with E-state index >= 15 is 0 Å². The Bertz CT molecular complexity index is 1360. The fraction of sp³-hybridized carbons (Fsp3) is 0. The Morgan fingerprint density at radius 3 is 2.13 bits per heavy atom. The maximum atomic E-state index is 13.1. The van der Waals surface area contributed by atoms with Crippen LogP contribution in [0.15, 0.2) is 90.0 Å². The number of rotatable bonds is 5. The molecule has 0 aliphatic carbocycles. The van der Waals surface area contributed by atoms with Gasteiger partial charge in [-0.2, -0.15) is 0 Å². The van der Waals surface area contributed by atoms with Crippen molar-refractivity contribution in [3.8, 4) is 5.75 Å². The third-order valence-corrected chi connectivity index (χ3v) is 6.18. The van der Waals surface area contributed by atoms with Crippen molar-refractivity contribution in [2.24, 2.45) is 0 Å². The largest absolute Gasteiger partial charge is 0.478 e. The van der Waals surface area contributed by atoms with Gasteiger partial charge in [0.1, 0.15) is 5.75 Å². The molecule has 0 saturated heterocycles. The molecule has 0 aliphatic heterocycles. The minimum Gasteiger partial charge on any atom is -0.478 e. The van der Waals surface area contributed by atoms with E-state index < -0.39 is 22.0 Å². The summed E-state index contributed by atoms with van der Waals surface area (Å²) in [6.45, 7) is 0. The number of ether oxygens (including phenoxy) is 1. The second-order valence-electron chi connectivity index (χ2n) is 6.40. The Labute approximate surface area is 171 Å². The highest BCUT2D eigenvalue weighted by atomic mass is 32.2. The van der Waals surface area contributed by atoms with Crippen LogP contribution in [0.25, 0.3) is 10.9 Å². The maximum Gasteiger partial charge on any atom is 0.343 e. The average Bonchev–Trinajstić information content (AvgIpc) is 3.15. The van der Waals surface area contributed by atoms with Gasteiger partial charge in [-0.05, 0) is 36.4 Å². The van der Waals surface area contributed by atoms with Gasteiger partial charge >= 0.3 is 11.9 Å². The predicted octanol–water partition coefficient (Wildman–Crippen LogP) is 3.80. The van der Waals surface area contributed by atoms with Crippen molar-refractivity contribution in [1.82, 2.24) is 3.97 Å². The molecule has 0 bridgehead atoms. The molecule has 0 saturated carbocycles. The van der Waals surface area contributed by atoms with Gasteiger partial charge in [0.15, 0.2) is 0 Å². The van der Waals surface area contributed by atoms with E-state index in [2.05, 4.69) is 0 Å². The summed E-state index contributed by atoms with van der Waals surface area (Å²) >= 11 is 0. The molecule has 0 aliphatic rings. The van der Waals surface area contributed by atoms with Crippen molar-refractivity contribution in [3.63, 3.8) is 0 Å². The number of nitrogens with zero attached hydrogens (tertiary/aromatic N) is 1. The predicted molar refractivity (Wildman–Crippen MR) is 109 cm³/mol. The smallest absolute Gasteiger partial charge is 0.343 e. The van der Waals surface area contributed by atoms with Gasteiger partial charge in [0.25, 0.3) is 10.0 Å². The molecular formula is C22H15NO6S. The fourth-order valence-corrected chi connectivity index (χ4v) is 4.44. The van der Waals surface area contributed by atoms with Crippen LogP contribution in [0.3, 0.4) is 0 Å². The summed E-state index contributed by atoms with van der Waals surface area (Å²) in [6.07, 6.45) is 1.05. The summed E-state index contributed by atoms with van der Waals surface area (Å²) in [7, 11) is -4.06. The SMILES string of the molecule is O=C(Oc1ccc2c(C(=O)O)cn(S(=O)(=O)c3ccccc3)c2c1)c1ccccc1. The van der Waals surface area contributed by atoms with Crippen LogP contribution in [0.2, 0.25) is 0 Å². The van der Waals surface area contributed by atoms with Crippen LogP contribution in [0.5, 0.6) is 5.75 Å². The van der Waals surface area contributed by atoms with Crippen LogP contribution < -0.4 is 4.74 Å². The fourth-order valence-electron chi connectivity index (χ4n) is 3.06. The van der Waals surface area contributed by atoms with Crippen molar-refractivity contribution in [2.75, 3.05) is 0 Å². The van der Waals surface area contributed by atoms with Crippen LogP contribution in [0.4, 0.5) is 0 Å². The van der Waals surface area contributed by atoms with E-state index in [9.17, 15) is 23.1 Å². The van der Waals surface area contributed by atoms with Crippen molar-refractivity contribution in [1.29, 1.82) is 0 Å². The van der Waals surface area contributed by atoms with Crippen LogP contribution in [-0.2, 0) is 10.0 Å². The molecule has 0 spiro atoms. The molecule has 1 heterocycles. The quantitative estimate of drug-likeness (QED) is 0.388. The first-order valence-electron chi connectivity index (χ1n) is 8.84. The van der Waals surface area contributed by atoms with E-state index in [0.29, 0.717) is 5.56 Å². The third kappa shape index (κ3) is 3.44. The van der Waals surface area contributed by atoms with Gasteiger partial charge in [-0.3, -0.25) is 0 Å². The van der Waals surface area contributed by atoms with Crippen LogP contribution >= 0.6 is 0 Å². The van der Waals surface area contributed by atoms with E-state index in [0.717, 1.165) is 10.2 Å². The van der Waals surface area contributed by atoms with E-state index in [1.165, 1.54) is 30.3 Å². The molecule has 0 fully saturated rings. The van der Waals surface area contributed by atoms with E-state index in [1.807, 2.05) is 0 Å². The maximum absolute atomic E-state index is 13.1. The first-order chi connectivity index (χ1) is 14.4. The molecule has 7 nitrogen and oxygen atoms in total. The highest BCUT2D eigenvalue weighted by Crippen LogP contribution is 2.29. The van der Waals surface area contributed by atoms with Crippen molar-refractivity contribution >= 4 is 32.9 Å². The zero-order valence-electron chi connectivity index (χ0n) is 15.4. The van der Waals surface area contributed by atoms with Gasteiger partial charge in [-0.1, -0.05) is 36.4 Å². The number of fused-ring (bicyclic) bond motifs is 1. The second kappa shape index (κ2) is 7.49. The normalized spacial score (nSPS) is 11.3. The molecule has 0 unspecified atom stereocenters. The van der Waals surface area contributed by atoms with E-state index in [4.69, 9.17) is 4.74 Å². The number of aromatic nitrogens is 1. The van der Waals surface area contributed by atoms with Gasteiger partial charge in [-0.25, -0.2) is 22.0 Å². The lowest BCUT2D eigenvalue weighted by Gasteiger charge is -2.09. The van der Waals surface area contributed by atoms with Crippen LogP contribution in [0.1, 0.15) is 20.7 Å². The summed E-state index contributed by atoms with van der Waals surface area (Å²) < 4.78 is 32.4. The zero-order chi connectivity index (χ0) is 21.3. The molecule has 1 N–H and O–H groups in total. The molecule has 4 aromatic rings. The van der Waals surface area contributed by atoms with Gasteiger partial charge in [0, 0.05) is 17.6 Å². The average molecular weight is 421 g/mol. The summed E-state index contributed by atoms with van der Waals surface area (Å²) in [5.74, 6) is -1.79. The number of carboxylic acid groups (broad SMARTS) is 1. The summed E-state index contributed by atoms with van der Waals surface area (Å²) in [6, 6.07) is 20.2. The Hall–Kier alpha value is -3.91. The lowest BCUT2D eigenvalue weighted by molar-refractivity contribution is 0.0696. The number of hydrogen-bond donors (Lipinski definition) is 1. The molecule has 0 radical (unpaired) electrons. The number of carbonyl (C=O) groups is 2. The van der Waals surface area contributed by atoms with Crippen molar-refractivity contribution < 1.29 is 27.9 Å². The van der Waals surface area contributed by atoms with Crippen LogP contribution in [0, 0.1) is 0 Å². The number of carbonyl (C=O) groups excluding carboxylic acids is 1. The molecular weight excluding hydrogens is 406 g/mol. The lowest BCUT2D eigenvalue weighted by Crippen LogP contribution is -2.12. The van der Waals surface area contributed by atoms with Crippen LogP contribution in [-0.4, -0.2) is 29.4 Å². The zero-order valence-corrected chi connectivity index (χ0v) is 16.2. The van der Waals surface area contributed by atoms with Gasteiger partial charge in [0.05, 0.1) is 21.5 Å². The van der Waals surface area contributed by atoms with Crippen molar-refractivity contribution in [3.05, 3.63) is 96.2 Å². The molecule has 4 rings (SSSR count). The lowest BCUT2D eigenvalue weighted by atomic mass is 10.1. The minimum absolute atomic E-state index is 0.00511. The van der Waals surface area contributed by atoms with E-state index in [-0.39, 0.29) is 27.1 Å². The molecule has 3 aromatic carbocycles. The standard InChI is InChI=1S/C22H15NO6S/c24-21(25)19-14-23(30(27,28)17-9-5-2-6-10-17)20-13-16(11-12-18(19)20)29-22(26)15-7-3-1-4-8-15/h1-14H,(H,24,25).